The number of H-pyrrole nitrogens is 1. The second kappa shape index (κ2) is 8.87. The van der Waals surface area contributed by atoms with Crippen LogP contribution in [0, 0.1) is 0 Å². The first kappa shape index (κ1) is 19.1. The van der Waals surface area contributed by atoms with Crippen LogP contribution in [-0.4, -0.2) is 50.9 Å². The number of ether oxygens (including phenoxy) is 1. The van der Waals surface area contributed by atoms with Crippen molar-refractivity contribution in [3.8, 4) is 11.3 Å². The third kappa shape index (κ3) is 4.62. The number of benzene rings is 1. The van der Waals surface area contributed by atoms with Gasteiger partial charge in [0.05, 0.1) is 25.0 Å². The normalized spacial score (nSPS) is 16.5. The summed E-state index contributed by atoms with van der Waals surface area (Å²) >= 11 is 0. The maximum Gasteiger partial charge on any atom is 0.191 e. The summed E-state index contributed by atoms with van der Waals surface area (Å²) in [6.45, 7) is 1.76. The van der Waals surface area contributed by atoms with Crippen LogP contribution in [0.2, 0.25) is 0 Å². The summed E-state index contributed by atoms with van der Waals surface area (Å²) in [4.78, 5) is 16.7. The van der Waals surface area contributed by atoms with Crippen LogP contribution in [-0.2, 0) is 30.9 Å². The maximum absolute atomic E-state index is 5.13. The van der Waals surface area contributed by atoms with E-state index >= 15 is 0 Å². The number of rotatable bonds is 6. The number of aromatic nitrogens is 5. The molecular formula is C20H26N8O. The second-order valence-electron chi connectivity index (χ2n) is 6.97. The van der Waals surface area contributed by atoms with Crippen LogP contribution in [0.3, 0.4) is 0 Å². The third-order valence-electron chi connectivity index (χ3n) is 4.88. The molecule has 3 N–H and O–H groups in total. The largest absolute Gasteiger partial charge is 0.377 e. The molecule has 9 heteroatoms. The van der Waals surface area contributed by atoms with Gasteiger partial charge in [0.2, 0.25) is 0 Å². The first-order valence-corrected chi connectivity index (χ1v) is 9.73. The van der Waals surface area contributed by atoms with Gasteiger partial charge in [0.1, 0.15) is 18.3 Å². The number of methoxy groups -OCH3 is 1. The smallest absolute Gasteiger partial charge is 0.191 e. The minimum Gasteiger partial charge on any atom is -0.377 e. The van der Waals surface area contributed by atoms with Crippen molar-refractivity contribution in [2.45, 2.75) is 38.6 Å². The zero-order chi connectivity index (χ0) is 20.1. The molecule has 0 saturated carbocycles. The molecule has 1 aliphatic heterocycles. The lowest BCUT2D eigenvalue weighted by molar-refractivity contribution is 0.177. The van der Waals surface area contributed by atoms with Gasteiger partial charge in [0.15, 0.2) is 11.8 Å². The average Bonchev–Trinajstić information content (AvgIpc) is 3.38. The molecule has 0 bridgehead atoms. The van der Waals surface area contributed by atoms with Gasteiger partial charge in [-0.1, -0.05) is 30.3 Å². The van der Waals surface area contributed by atoms with Crippen molar-refractivity contribution in [3.63, 3.8) is 0 Å². The Labute approximate surface area is 169 Å². The lowest BCUT2D eigenvalue weighted by Gasteiger charge is -2.25. The number of aromatic amines is 1. The summed E-state index contributed by atoms with van der Waals surface area (Å²) in [5.41, 5.74) is 2.12. The van der Waals surface area contributed by atoms with E-state index < -0.39 is 0 Å². The van der Waals surface area contributed by atoms with E-state index in [1.165, 1.54) is 0 Å². The Morgan fingerprint density at radius 3 is 3.00 bits per heavy atom. The van der Waals surface area contributed by atoms with Crippen LogP contribution < -0.4 is 10.6 Å². The van der Waals surface area contributed by atoms with Crippen molar-refractivity contribution in [1.29, 1.82) is 0 Å². The van der Waals surface area contributed by atoms with Crippen LogP contribution >= 0.6 is 0 Å². The molecule has 1 aliphatic rings. The van der Waals surface area contributed by atoms with E-state index in [-0.39, 0.29) is 6.04 Å². The van der Waals surface area contributed by atoms with Gasteiger partial charge in [-0.2, -0.15) is 5.10 Å². The van der Waals surface area contributed by atoms with Crippen molar-refractivity contribution in [2.75, 3.05) is 14.2 Å². The lowest BCUT2D eigenvalue weighted by Crippen LogP contribution is -2.46. The van der Waals surface area contributed by atoms with Gasteiger partial charge in [0, 0.05) is 26.6 Å². The topological polar surface area (TPSA) is 105 Å². The Kier molecular flexibility index (Phi) is 5.85. The molecule has 29 heavy (non-hydrogen) atoms. The van der Waals surface area contributed by atoms with E-state index in [0.717, 1.165) is 54.1 Å². The van der Waals surface area contributed by atoms with Crippen molar-refractivity contribution in [1.82, 2.24) is 35.4 Å². The second-order valence-corrected chi connectivity index (χ2v) is 6.97. The quantitative estimate of drug-likeness (QED) is 0.432. The summed E-state index contributed by atoms with van der Waals surface area (Å²) in [5, 5.41) is 11.3. The van der Waals surface area contributed by atoms with Crippen molar-refractivity contribution in [2.24, 2.45) is 4.99 Å². The van der Waals surface area contributed by atoms with Crippen LogP contribution in [0.4, 0.5) is 0 Å². The molecule has 3 aromatic rings. The highest BCUT2D eigenvalue weighted by molar-refractivity contribution is 5.79. The number of hydrogen-bond donors (Lipinski definition) is 3. The van der Waals surface area contributed by atoms with Crippen LogP contribution in [0.15, 0.2) is 41.5 Å². The first-order valence-electron chi connectivity index (χ1n) is 9.73. The Hall–Kier alpha value is -3.20. The molecule has 1 unspecified atom stereocenters. The molecule has 1 atom stereocenters. The zero-order valence-corrected chi connectivity index (χ0v) is 16.7. The van der Waals surface area contributed by atoms with E-state index in [9.17, 15) is 0 Å². The molecule has 0 aliphatic carbocycles. The number of imidazole rings is 1. The van der Waals surface area contributed by atoms with Gasteiger partial charge in [-0.15, -0.1) is 0 Å². The fraction of sp³-hybridized carbons (Fsp3) is 0.400. The van der Waals surface area contributed by atoms with Crippen molar-refractivity contribution in [3.05, 3.63) is 54.0 Å². The summed E-state index contributed by atoms with van der Waals surface area (Å²) in [7, 11) is 3.43. The molecule has 2 aromatic heterocycles. The molecule has 1 aromatic carbocycles. The van der Waals surface area contributed by atoms with Gasteiger partial charge in [-0.3, -0.25) is 4.99 Å². The van der Waals surface area contributed by atoms with E-state index in [0.29, 0.717) is 13.2 Å². The molecule has 0 amide bonds. The van der Waals surface area contributed by atoms with E-state index in [1.807, 2.05) is 29.1 Å². The highest BCUT2D eigenvalue weighted by Crippen LogP contribution is 2.16. The molecule has 0 saturated heterocycles. The average molecular weight is 394 g/mol. The van der Waals surface area contributed by atoms with Gasteiger partial charge < -0.3 is 20.4 Å². The molecule has 4 rings (SSSR count). The fourth-order valence-corrected chi connectivity index (χ4v) is 3.44. The standard InChI is InChI=1S/C20H26N8O/c1-21-20(23-11-17-22-10-16(25-17)14-6-4-3-5-7-14)24-15-8-9-19-26-18(13-29-2)27-28(19)12-15/h3-7,10,15H,8-9,11-13H2,1-2H3,(H,22,25)(H2,21,23,24). The predicted octanol–water partition coefficient (Wildman–Crippen LogP) is 1.49. The number of aryl methyl sites for hydroxylation is 1. The summed E-state index contributed by atoms with van der Waals surface area (Å²) in [6, 6.07) is 10.4. The van der Waals surface area contributed by atoms with E-state index in [2.05, 4.69) is 47.8 Å². The van der Waals surface area contributed by atoms with Crippen LogP contribution in [0.5, 0.6) is 0 Å². The third-order valence-corrected chi connectivity index (χ3v) is 4.88. The zero-order valence-electron chi connectivity index (χ0n) is 16.7. The van der Waals surface area contributed by atoms with Gasteiger partial charge in [-0.05, 0) is 12.0 Å². The summed E-state index contributed by atoms with van der Waals surface area (Å²) in [5.74, 6) is 3.35. The number of guanidine groups is 1. The fourth-order valence-electron chi connectivity index (χ4n) is 3.44. The molecule has 0 fully saturated rings. The van der Waals surface area contributed by atoms with Gasteiger partial charge in [-0.25, -0.2) is 14.6 Å². The predicted molar refractivity (Wildman–Crippen MR) is 110 cm³/mol. The summed E-state index contributed by atoms with van der Waals surface area (Å²) in [6.07, 6.45) is 3.71. The van der Waals surface area contributed by atoms with Crippen LogP contribution in [0.1, 0.15) is 23.9 Å². The van der Waals surface area contributed by atoms with Crippen LogP contribution in [0.25, 0.3) is 11.3 Å². The van der Waals surface area contributed by atoms with Gasteiger partial charge in [0.25, 0.3) is 0 Å². The first-order chi connectivity index (χ1) is 14.2. The number of nitrogens with zero attached hydrogens (tertiary/aromatic N) is 5. The number of aliphatic imine (C=N–C) groups is 1. The molecular weight excluding hydrogens is 368 g/mol. The SMILES string of the molecule is CN=C(NCc1ncc(-c2ccccc2)[nH]1)NC1CCc2nc(COC)nn2C1. The highest BCUT2D eigenvalue weighted by Gasteiger charge is 2.22. The number of nitrogens with one attached hydrogen (secondary N) is 3. The molecule has 0 radical (unpaired) electrons. The van der Waals surface area contributed by atoms with Crippen molar-refractivity contribution < 1.29 is 4.74 Å². The molecule has 9 nitrogen and oxygen atoms in total. The minimum absolute atomic E-state index is 0.238. The maximum atomic E-state index is 5.13. The Morgan fingerprint density at radius 2 is 2.21 bits per heavy atom. The number of hydrogen-bond acceptors (Lipinski definition) is 5. The Balaban J connectivity index is 1.32. The molecule has 0 spiro atoms. The Bertz CT molecular complexity index is 962. The summed E-state index contributed by atoms with van der Waals surface area (Å²) < 4.78 is 7.09. The van der Waals surface area contributed by atoms with Crippen molar-refractivity contribution >= 4 is 5.96 Å². The molecule has 3 heterocycles. The molecule has 152 valence electrons. The minimum atomic E-state index is 0.238. The van der Waals surface area contributed by atoms with Gasteiger partial charge >= 0.3 is 0 Å². The lowest BCUT2D eigenvalue weighted by atomic mass is 10.1. The van der Waals surface area contributed by atoms with E-state index in [1.54, 1.807) is 14.2 Å². The number of fused-ring (bicyclic) bond motifs is 1. The monoisotopic (exact) mass is 394 g/mol. The van der Waals surface area contributed by atoms with E-state index in [4.69, 9.17) is 4.74 Å². The Morgan fingerprint density at radius 1 is 1.34 bits per heavy atom. The highest BCUT2D eigenvalue weighted by atomic mass is 16.5.